The van der Waals surface area contributed by atoms with Crippen LogP contribution in [-0.4, -0.2) is 71.3 Å². The van der Waals surface area contributed by atoms with E-state index < -0.39 is 35.2 Å². The number of aliphatic hydroxyl groups excluding tert-OH is 4. The third-order valence-electron chi connectivity index (χ3n) is 16.8. The Labute approximate surface area is 501 Å². The molecule has 2 aliphatic carbocycles. The van der Waals surface area contributed by atoms with Gasteiger partial charge in [0.05, 0.1) is 35.2 Å². The highest BCUT2D eigenvalue weighted by molar-refractivity contribution is 5.94. The third kappa shape index (κ3) is 10.3. The number of ether oxygens (including phenoxy) is 4. The summed E-state index contributed by atoms with van der Waals surface area (Å²) in [5, 5.41) is 47.5. The lowest BCUT2D eigenvalue weighted by Gasteiger charge is -2.34. The van der Waals surface area contributed by atoms with Gasteiger partial charge in [0, 0.05) is 0 Å². The fourth-order valence-corrected chi connectivity index (χ4v) is 13.1. The van der Waals surface area contributed by atoms with Gasteiger partial charge in [0.2, 0.25) is 0 Å². The van der Waals surface area contributed by atoms with Crippen molar-refractivity contribution in [3.05, 3.63) is 287 Å². The summed E-state index contributed by atoms with van der Waals surface area (Å²) in [5.74, 6) is 3.00. The largest absolute Gasteiger partial charge is 0.491 e. The molecule has 12 aromatic carbocycles. The summed E-state index contributed by atoms with van der Waals surface area (Å²) >= 11 is 0. The monoisotopic (exact) mass is 1130 g/mol. The minimum absolute atomic E-state index is 0.260. The van der Waals surface area contributed by atoms with Gasteiger partial charge in [-0.05, 0) is 210 Å². The number of hydrogen-bond acceptors (Lipinski definition) is 8. The minimum Gasteiger partial charge on any atom is -0.491 e. The van der Waals surface area contributed by atoms with E-state index >= 15 is 0 Å². The Bertz CT molecular complexity index is 3910. The summed E-state index contributed by atoms with van der Waals surface area (Å²) in [6.45, 7) is 7.94. The van der Waals surface area contributed by atoms with E-state index in [9.17, 15) is 20.4 Å². The van der Waals surface area contributed by atoms with Gasteiger partial charge >= 0.3 is 0 Å². The Morgan fingerprint density at radius 2 is 0.453 bits per heavy atom. The van der Waals surface area contributed by atoms with Crippen LogP contribution in [-0.2, 0) is 10.8 Å². The predicted octanol–water partition coefficient (Wildman–Crippen LogP) is 15.8. The summed E-state index contributed by atoms with van der Waals surface area (Å²) in [6, 6.07) is 86.5. The molecule has 0 amide bonds. The quantitative estimate of drug-likeness (QED) is 0.0756. The highest BCUT2D eigenvalue weighted by atomic mass is 16.5. The van der Waals surface area contributed by atoms with Crippen LogP contribution in [0.3, 0.4) is 0 Å². The number of hydrogen-bond donors (Lipinski definition) is 4. The lowest BCUT2D eigenvalue weighted by atomic mass is 9.67. The highest BCUT2D eigenvalue weighted by Crippen LogP contribution is 2.58. The molecular weight excluding hydrogens is 1060 g/mol. The first kappa shape index (κ1) is 55.9. The van der Waals surface area contributed by atoms with Crippen LogP contribution in [0.5, 0.6) is 23.0 Å². The van der Waals surface area contributed by atoms with Gasteiger partial charge in [0.25, 0.3) is 0 Å². The molecule has 4 atom stereocenters. The molecule has 0 saturated heterocycles. The van der Waals surface area contributed by atoms with Crippen LogP contribution in [0.4, 0.5) is 0 Å². The van der Waals surface area contributed by atoms with E-state index in [1.165, 1.54) is 66.8 Å². The second-order valence-corrected chi connectivity index (χ2v) is 23.2. The molecule has 0 aromatic heterocycles. The Kier molecular flexibility index (Phi) is 15.1. The van der Waals surface area contributed by atoms with Crippen molar-refractivity contribution in [2.45, 2.75) is 62.9 Å². The maximum Gasteiger partial charge on any atom is 0.120 e. The molecular formula is C78H68O8. The Balaban J connectivity index is 0.000000160. The summed E-state index contributed by atoms with van der Waals surface area (Å²) in [6.07, 6.45) is -2.09. The molecule has 4 unspecified atom stereocenters. The van der Waals surface area contributed by atoms with Crippen LogP contribution in [0.25, 0.3) is 65.3 Å². The van der Waals surface area contributed by atoms with Crippen molar-refractivity contribution < 1.29 is 39.4 Å². The first-order valence-electron chi connectivity index (χ1n) is 29.7. The van der Waals surface area contributed by atoms with Crippen LogP contribution < -0.4 is 18.9 Å². The van der Waals surface area contributed by atoms with Crippen molar-refractivity contribution in [3.63, 3.8) is 0 Å². The van der Waals surface area contributed by atoms with E-state index in [1.54, 1.807) is 27.7 Å². The Morgan fingerprint density at radius 3 is 0.674 bits per heavy atom. The summed E-state index contributed by atoms with van der Waals surface area (Å²) in [7, 11) is 0. The molecule has 0 heterocycles. The first-order valence-corrected chi connectivity index (χ1v) is 29.7. The summed E-state index contributed by atoms with van der Waals surface area (Å²) in [5.41, 5.74) is 13.8. The van der Waals surface area contributed by atoms with E-state index in [0.29, 0.717) is 0 Å². The molecule has 0 bridgehead atoms. The molecule has 428 valence electrons. The zero-order chi connectivity index (χ0) is 59.1. The summed E-state index contributed by atoms with van der Waals surface area (Å²) < 4.78 is 23.2. The third-order valence-corrected chi connectivity index (χ3v) is 16.8. The zero-order valence-electron chi connectivity index (χ0n) is 48.7. The number of aliphatic hydroxyl groups is 4. The van der Waals surface area contributed by atoms with Crippen LogP contribution in [0.2, 0.25) is 0 Å². The van der Waals surface area contributed by atoms with Gasteiger partial charge in [-0.3, -0.25) is 0 Å². The van der Waals surface area contributed by atoms with E-state index in [4.69, 9.17) is 18.9 Å². The SMILES string of the molecule is CC(O)COc1ccc2cc(C3(c4ccc5cc(OCC(C)O)ccc5c4)c4ccccc4-c4ccccc43)ccc2c1.CC(O)COc1ccc2cc(C3(c4ccc5cc(OCC(C)O)ccc5c4)c4ccccc4-c4ccccc43)ccc2c1. The van der Waals surface area contributed by atoms with Crippen molar-refractivity contribution in [3.8, 4) is 45.3 Å². The molecule has 8 nitrogen and oxygen atoms in total. The second kappa shape index (κ2) is 23.3. The van der Waals surface area contributed by atoms with E-state index in [1.807, 2.05) is 48.5 Å². The molecule has 8 heteroatoms. The van der Waals surface area contributed by atoms with Crippen molar-refractivity contribution in [2.24, 2.45) is 0 Å². The van der Waals surface area contributed by atoms with Crippen LogP contribution in [0.1, 0.15) is 72.2 Å². The molecule has 0 fully saturated rings. The maximum atomic E-state index is 9.66. The Morgan fingerprint density at radius 1 is 0.256 bits per heavy atom. The van der Waals surface area contributed by atoms with Gasteiger partial charge in [-0.2, -0.15) is 0 Å². The summed E-state index contributed by atoms with van der Waals surface area (Å²) in [4.78, 5) is 0. The maximum absolute atomic E-state index is 9.66. The minimum atomic E-state index is -0.522. The number of fused-ring (bicyclic) bond motifs is 10. The van der Waals surface area contributed by atoms with Crippen LogP contribution >= 0.6 is 0 Å². The van der Waals surface area contributed by atoms with Gasteiger partial charge < -0.3 is 39.4 Å². The molecule has 0 aliphatic heterocycles. The Hall–Kier alpha value is -9.28. The topological polar surface area (TPSA) is 118 Å². The molecule has 0 radical (unpaired) electrons. The molecule has 0 saturated carbocycles. The molecule has 2 aliphatic rings. The van der Waals surface area contributed by atoms with Crippen LogP contribution in [0.15, 0.2) is 243 Å². The van der Waals surface area contributed by atoms with Gasteiger partial charge in [-0.1, -0.05) is 170 Å². The van der Waals surface area contributed by atoms with Gasteiger partial charge in [-0.15, -0.1) is 0 Å². The lowest BCUT2D eigenvalue weighted by molar-refractivity contribution is 0.122. The molecule has 4 N–H and O–H groups in total. The van der Waals surface area contributed by atoms with Crippen LogP contribution in [0, 0.1) is 0 Å². The van der Waals surface area contributed by atoms with Crippen molar-refractivity contribution in [2.75, 3.05) is 26.4 Å². The molecule has 12 aromatic rings. The van der Waals surface area contributed by atoms with E-state index in [0.717, 1.165) is 66.1 Å². The smallest absolute Gasteiger partial charge is 0.120 e. The predicted molar refractivity (Wildman–Crippen MR) is 346 cm³/mol. The van der Waals surface area contributed by atoms with Crippen molar-refractivity contribution in [1.29, 1.82) is 0 Å². The van der Waals surface area contributed by atoms with E-state index in [2.05, 4.69) is 194 Å². The van der Waals surface area contributed by atoms with Crippen molar-refractivity contribution >= 4 is 43.1 Å². The molecule has 86 heavy (non-hydrogen) atoms. The zero-order valence-corrected chi connectivity index (χ0v) is 48.7. The number of rotatable bonds is 16. The first-order chi connectivity index (χ1) is 41.9. The average molecular weight is 1130 g/mol. The molecule has 14 rings (SSSR count). The molecule has 0 spiro atoms. The average Bonchev–Trinajstić information content (AvgIpc) is 1.53. The second-order valence-electron chi connectivity index (χ2n) is 23.2. The van der Waals surface area contributed by atoms with E-state index in [-0.39, 0.29) is 26.4 Å². The normalized spacial score (nSPS) is 14.7. The fourth-order valence-electron chi connectivity index (χ4n) is 13.1. The highest BCUT2D eigenvalue weighted by Gasteiger charge is 2.47. The van der Waals surface area contributed by atoms with Crippen molar-refractivity contribution in [1.82, 2.24) is 0 Å². The number of benzene rings is 12. The van der Waals surface area contributed by atoms with Gasteiger partial charge in [0.15, 0.2) is 0 Å². The van der Waals surface area contributed by atoms with Gasteiger partial charge in [0.1, 0.15) is 49.4 Å². The van der Waals surface area contributed by atoms with Gasteiger partial charge in [-0.25, -0.2) is 0 Å². The lowest BCUT2D eigenvalue weighted by Crippen LogP contribution is -2.28. The fraction of sp³-hybridized carbons (Fsp3) is 0.179. The standard InChI is InChI=1S/2C39H34O4/c2*1-25(40)23-42-33-17-13-27-19-31(15-11-29(27)21-33)39(37-9-5-3-7-35(37)36-8-4-6-10-38(36)39)32-16-12-30-22-34(43-24-26(2)41)18-14-28(30)20-32/h2*3-22,25-26,40-41H,23-24H2,1-2H3.